The molecule has 0 radical (unpaired) electrons. The molecule has 0 aromatic heterocycles. The summed E-state index contributed by atoms with van der Waals surface area (Å²) in [5.41, 5.74) is 1.99. The molecular formula is C20H23ClN2O3S. The van der Waals surface area contributed by atoms with E-state index in [1.807, 2.05) is 31.2 Å². The number of hydrogen-bond acceptors (Lipinski definition) is 3. The maximum atomic E-state index is 13.3. The maximum Gasteiger partial charge on any atom is 0.243 e. The lowest BCUT2D eigenvalue weighted by Gasteiger charge is -2.36. The summed E-state index contributed by atoms with van der Waals surface area (Å²) in [6, 6.07) is 13.4. The molecule has 0 spiro atoms. The summed E-state index contributed by atoms with van der Waals surface area (Å²) in [5.74, 6) is -0.144. The third kappa shape index (κ3) is 4.34. The highest BCUT2D eigenvalue weighted by molar-refractivity contribution is 7.89. The normalized spacial score (nSPS) is 17.3. The molecule has 1 heterocycles. The second-order valence-corrected chi connectivity index (χ2v) is 8.92. The Hall–Kier alpha value is -1.89. The molecule has 0 unspecified atom stereocenters. The van der Waals surface area contributed by atoms with Gasteiger partial charge in [-0.2, -0.15) is 4.31 Å². The van der Waals surface area contributed by atoms with Crippen LogP contribution in [0.15, 0.2) is 53.4 Å². The van der Waals surface area contributed by atoms with E-state index in [4.69, 9.17) is 11.6 Å². The Kier molecular flexibility index (Phi) is 6.19. The van der Waals surface area contributed by atoms with Gasteiger partial charge in [0.15, 0.2) is 0 Å². The molecule has 5 nitrogen and oxygen atoms in total. The molecule has 0 fully saturated rings. The summed E-state index contributed by atoms with van der Waals surface area (Å²) in [5, 5.41) is 3.33. The van der Waals surface area contributed by atoms with Gasteiger partial charge in [0.05, 0.1) is 10.9 Å². The molecule has 0 aliphatic carbocycles. The summed E-state index contributed by atoms with van der Waals surface area (Å²) in [7, 11) is -3.74. The predicted octanol–water partition coefficient (Wildman–Crippen LogP) is 3.54. The van der Waals surface area contributed by atoms with Crippen LogP contribution in [0.4, 0.5) is 0 Å². The molecule has 1 amide bonds. The number of benzene rings is 2. The number of amides is 1. The molecule has 0 saturated heterocycles. The monoisotopic (exact) mass is 406 g/mol. The van der Waals surface area contributed by atoms with Crippen LogP contribution in [0, 0.1) is 0 Å². The fourth-order valence-electron chi connectivity index (χ4n) is 3.38. The van der Waals surface area contributed by atoms with Crippen molar-refractivity contribution < 1.29 is 13.2 Å². The standard InChI is InChI=1S/C20H23ClN2O3S/c1-2-12-22-20(24)14-19-18-6-4-3-5-15(18)11-13-23(19)27(25,26)17-9-7-16(21)8-10-17/h3-10,19H,2,11-14H2,1H3,(H,22,24)/t19-/m0/s1. The van der Waals surface area contributed by atoms with Gasteiger partial charge < -0.3 is 5.32 Å². The summed E-state index contributed by atoms with van der Waals surface area (Å²) in [6.45, 7) is 2.90. The molecule has 0 bridgehead atoms. The number of carbonyl (C=O) groups excluding carboxylic acids is 1. The van der Waals surface area contributed by atoms with Crippen molar-refractivity contribution in [3.8, 4) is 0 Å². The number of nitrogens with zero attached hydrogens (tertiary/aromatic N) is 1. The lowest BCUT2D eigenvalue weighted by Crippen LogP contribution is -2.42. The number of halogens is 1. The Bertz CT molecular complexity index is 913. The zero-order valence-corrected chi connectivity index (χ0v) is 16.8. The minimum atomic E-state index is -3.74. The summed E-state index contributed by atoms with van der Waals surface area (Å²) in [4.78, 5) is 12.6. The van der Waals surface area contributed by atoms with Crippen LogP contribution < -0.4 is 5.32 Å². The quantitative estimate of drug-likeness (QED) is 0.797. The second kappa shape index (κ2) is 8.42. The Morgan fingerprint density at radius 1 is 1.19 bits per heavy atom. The van der Waals surface area contributed by atoms with Crippen molar-refractivity contribution in [3.63, 3.8) is 0 Å². The third-order valence-corrected chi connectivity index (χ3v) is 6.91. The van der Waals surface area contributed by atoms with Gasteiger partial charge in [0.25, 0.3) is 0 Å². The molecular weight excluding hydrogens is 384 g/mol. The van der Waals surface area contributed by atoms with E-state index in [0.29, 0.717) is 24.5 Å². The Labute approximate surface area is 165 Å². The highest BCUT2D eigenvalue weighted by Crippen LogP contribution is 2.36. The van der Waals surface area contributed by atoms with E-state index in [1.54, 1.807) is 12.1 Å². The van der Waals surface area contributed by atoms with Crippen LogP contribution in [0.5, 0.6) is 0 Å². The van der Waals surface area contributed by atoms with Crippen molar-refractivity contribution >= 4 is 27.5 Å². The molecule has 1 aliphatic rings. The van der Waals surface area contributed by atoms with Crippen LogP contribution in [0.3, 0.4) is 0 Å². The molecule has 2 aromatic carbocycles. The second-order valence-electron chi connectivity index (χ2n) is 6.59. The van der Waals surface area contributed by atoms with Gasteiger partial charge in [-0.25, -0.2) is 8.42 Å². The smallest absolute Gasteiger partial charge is 0.243 e. The van der Waals surface area contributed by atoms with Gasteiger partial charge in [-0.1, -0.05) is 42.8 Å². The zero-order valence-electron chi connectivity index (χ0n) is 15.2. The SMILES string of the molecule is CCCNC(=O)C[C@H]1c2ccccc2CCN1S(=O)(=O)c1ccc(Cl)cc1. The van der Waals surface area contributed by atoms with Crippen LogP contribution >= 0.6 is 11.6 Å². The first kappa shape index (κ1) is 19.9. The highest BCUT2D eigenvalue weighted by atomic mass is 35.5. The van der Waals surface area contributed by atoms with Crippen molar-refractivity contribution in [1.29, 1.82) is 0 Å². The van der Waals surface area contributed by atoms with Crippen LogP contribution in [-0.4, -0.2) is 31.7 Å². The van der Waals surface area contributed by atoms with Gasteiger partial charge >= 0.3 is 0 Å². The van der Waals surface area contributed by atoms with Gasteiger partial charge in [-0.15, -0.1) is 0 Å². The lowest BCUT2D eigenvalue weighted by molar-refractivity contribution is -0.122. The van der Waals surface area contributed by atoms with Crippen LogP contribution in [0.2, 0.25) is 5.02 Å². The average molecular weight is 407 g/mol. The molecule has 1 N–H and O–H groups in total. The summed E-state index contributed by atoms with van der Waals surface area (Å²) in [6.07, 6.45) is 1.56. The van der Waals surface area contributed by atoms with E-state index in [0.717, 1.165) is 17.5 Å². The molecule has 27 heavy (non-hydrogen) atoms. The molecule has 7 heteroatoms. The van der Waals surface area contributed by atoms with E-state index in [-0.39, 0.29) is 17.2 Å². The molecule has 1 aliphatic heterocycles. The number of nitrogens with one attached hydrogen (secondary N) is 1. The highest BCUT2D eigenvalue weighted by Gasteiger charge is 2.37. The first-order valence-electron chi connectivity index (χ1n) is 9.05. The largest absolute Gasteiger partial charge is 0.356 e. The Morgan fingerprint density at radius 2 is 1.89 bits per heavy atom. The summed E-state index contributed by atoms with van der Waals surface area (Å²) < 4.78 is 28.0. The van der Waals surface area contributed by atoms with Crippen LogP contribution in [0.1, 0.15) is 36.9 Å². The van der Waals surface area contributed by atoms with Gasteiger partial charge in [0, 0.05) is 24.5 Å². The molecule has 1 atom stereocenters. The number of hydrogen-bond donors (Lipinski definition) is 1. The van der Waals surface area contributed by atoms with Gasteiger partial charge in [-0.3, -0.25) is 4.79 Å². The minimum absolute atomic E-state index is 0.101. The minimum Gasteiger partial charge on any atom is -0.356 e. The Balaban J connectivity index is 1.97. The fourth-order valence-corrected chi connectivity index (χ4v) is 5.11. The van der Waals surface area contributed by atoms with Crippen molar-refractivity contribution in [2.45, 2.75) is 37.1 Å². The Morgan fingerprint density at radius 3 is 2.59 bits per heavy atom. The number of fused-ring (bicyclic) bond motifs is 1. The van der Waals surface area contributed by atoms with E-state index in [9.17, 15) is 13.2 Å². The first-order chi connectivity index (χ1) is 12.9. The fraction of sp³-hybridized carbons (Fsp3) is 0.350. The van der Waals surface area contributed by atoms with E-state index < -0.39 is 16.1 Å². The predicted molar refractivity (Wildman–Crippen MR) is 106 cm³/mol. The van der Waals surface area contributed by atoms with Crippen LogP contribution in [-0.2, 0) is 21.2 Å². The molecule has 0 saturated carbocycles. The molecule has 144 valence electrons. The molecule has 2 aromatic rings. The zero-order chi connectivity index (χ0) is 19.4. The van der Waals surface area contributed by atoms with Crippen LogP contribution in [0.25, 0.3) is 0 Å². The topological polar surface area (TPSA) is 66.5 Å². The number of carbonyl (C=O) groups is 1. The van der Waals surface area contributed by atoms with Crippen molar-refractivity contribution in [2.75, 3.05) is 13.1 Å². The molecule has 3 rings (SSSR count). The van der Waals surface area contributed by atoms with E-state index in [2.05, 4.69) is 5.32 Å². The number of sulfonamides is 1. The lowest BCUT2D eigenvalue weighted by atomic mass is 9.92. The van der Waals surface area contributed by atoms with Gasteiger partial charge in [0.2, 0.25) is 15.9 Å². The van der Waals surface area contributed by atoms with E-state index in [1.165, 1.54) is 16.4 Å². The average Bonchev–Trinajstić information content (AvgIpc) is 2.66. The summed E-state index contributed by atoms with van der Waals surface area (Å²) >= 11 is 5.90. The maximum absolute atomic E-state index is 13.3. The van der Waals surface area contributed by atoms with Gasteiger partial charge in [0.1, 0.15) is 0 Å². The van der Waals surface area contributed by atoms with Crippen molar-refractivity contribution in [3.05, 3.63) is 64.7 Å². The number of rotatable bonds is 6. The van der Waals surface area contributed by atoms with Crippen molar-refractivity contribution in [2.24, 2.45) is 0 Å². The first-order valence-corrected chi connectivity index (χ1v) is 10.9. The van der Waals surface area contributed by atoms with E-state index >= 15 is 0 Å². The third-order valence-electron chi connectivity index (χ3n) is 4.73. The van der Waals surface area contributed by atoms with Gasteiger partial charge in [-0.05, 0) is 48.2 Å². The van der Waals surface area contributed by atoms with Crippen molar-refractivity contribution in [1.82, 2.24) is 9.62 Å².